The van der Waals surface area contributed by atoms with Crippen LogP contribution in [0, 0.1) is 0 Å². The van der Waals surface area contributed by atoms with Gasteiger partial charge in [-0.05, 0) is 55.1 Å². The summed E-state index contributed by atoms with van der Waals surface area (Å²) in [5.74, 6) is -0.0731. The van der Waals surface area contributed by atoms with Crippen molar-refractivity contribution in [3.8, 4) is 0 Å². The van der Waals surface area contributed by atoms with E-state index in [1.807, 2.05) is 60.5 Å². The minimum Gasteiger partial charge on any atom is -0.289 e. The first-order valence-corrected chi connectivity index (χ1v) is 9.52. The summed E-state index contributed by atoms with van der Waals surface area (Å²) in [5, 5.41) is 0. The van der Waals surface area contributed by atoms with Gasteiger partial charge in [0.15, 0.2) is 0 Å². The largest absolute Gasteiger partial charge is 0.289 e. The van der Waals surface area contributed by atoms with Crippen LogP contribution in [0.1, 0.15) is 60.8 Å². The van der Waals surface area contributed by atoms with Crippen molar-refractivity contribution in [3.05, 3.63) is 63.3 Å². The van der Waals surface area contributed by atoms with Gasteiger partial charge < -0.3 is 0 Å². The summed E-state index contributed by atoms with van der Waals surface area (Å²) in [5.41, 5.74) is 0. The molecule has 0 aromatic rings. The molecule has 1 aliphatic heterocycles. The minimum atomic E-state index is -0.0671. The van der Waals surface area contributed by atoms with E-state index >= 15 is 0 Å². The molecule has 1 saturated heterocycles. The second-order valence-corrected chi connectivity index (χ2v) is 5.55. The lowest BCUT2D eigenvalue weighted by Crippen LogP contribution is -2.47. The second kappa shape index (κ2) is 32.5. The molecule has 164 valence electrons. The Hall–Kier alpha value is -2.20. The van der Waals surface area contributed by atoms with E-state index in [1.54, 1.807) is 30.4 Å². The molecule has 4 nitrogen and oxygen atoms in total. The van der Waals surface area contributed by atoms with Gasteiger partial charge in [0.25, 0.3) is 0 Å². The number of imide groups is 1. The Morgan fingerprint density at radius 3 is 1.14 bits per heavy atom. The number of likely N-dealkylation sites (tertiary alicyclic amines) is 1. The van der Waals surface area contributed by atoms with E-state index < -0.39 is 0 Å². The summed E-state index contributed by atoms with van der Waals surface area (Å²) >= 11 is 0. The maximum Gasteiger partial charge on any atom is 0.231 e. The van der Waals surface area contributed by atoms with Crippen molar-refractivity contribution in [1.29, 1.82) is 0 Å². The molecular formula is C24H46N2O2. The third-order valence-corrected chi connectivity index (χ3v) is 2.35. The zero-order valence-electron chi connectivity index (χ0n) is 19.8. The molecule has 0 radical (unpaired) electrons. The van der Waals surface area contributed by atoms with Crippen LogP contribution in [0.15, 0.2) is 63.3 Å². The quantitative estimate of drug-likeness (QED) is 0.411. The first-order chi connectivity index (χ1) is 13.1. The summed E-state index contributed by atoms with van der Waals surface area (Å²) < 4.78 is 0. The van der Waals surface area contributed by atoms with Crippen molar-refractivity contribution in [2.45, 2.75) is 67.0 Å². The van der Waals surface area contributed by atoms with Gasteiger partial charge >= 0.3 is 0 Å². The van der Waals surface area contributed by atoms with Gasteiger partial charge in [0.2, 0.25) is 11.8 Å². The van der Waals surface area contributed by atoms with E-state index in [0.717, 1.165) is 6.42 Å². The Bertz CT molecular complexity index is 362. The predicted octanol–water partition coefficient (Wildman–Crippen LogP) is 6.39. The molecule has 0 N–H and O–H groups in total. The number of carbonyl (C=O) groups is 2. The molecule has 0 aromatic heterocycles. The molecule has 0 saturated carbocycles. The number of carbonyl (C=O) groups excluding carboxylic acids is 2. The van der Waals surface area contributed by atoms with E-state index in [4.69, 9.17) is 0 Å². The lowest BCUT2D eigenvalue weighted by Gasteiger charge is -2.30. The monoisotopic (exact) mass is 394 g/mol. The Balaban J connectivity index is -0.0000000971. The maximum absolute atomic E-state index is 11.4. The van der Waals surface area contributed by atoms with Gasteiger partial charge in [-0.1, -0.05) is 37.3 Å². The van der Waals surface area contributed by atoms with Gasteiger partial charge in [-0.15, -0.1) is 32.9 Å². The van der Waals surface area contributed by atoms with E-state index in [2.05, 4.69) is 32.9 Å². The van der Waals surface area contributed by atoms with E-state index in [9.17, 15) is 9.59 Å². The molecule has 0 aliphatic carbocycles. The molecule has 1 atom stereocenters. The van der Waals surface area contributed by atoms with Crippen LogP contribution in [0.3, 0.4) is 0 Å². The van der Waals surface area contributed by atoms with E-state index in [0.29, 0.717) is 12.8 Å². The average molecular weight is 395 g/mol. The molecule has 0 aromatic carbocycles. The highest BCUT2D eigenvalue weighted by atomic mass is 16.2. The van der Waals surface area contributed by atoms with Gasteiger partial charge in [-0.3, -0.25) is 19.4 Å². The minimum absolute atomic E-state index is 0.0365. The molecule has 2 amide bonds. The van der Waals surface area contributed by atoms with Crippen LogP contribution >= 0.6 is 0 Å². The van der Waals surface area contributed by atoms with Gasteiger partial charge in [-0.25, -0.2) is 0 Å². The standard InChI is InChI=1S/C9H16N2O2.5C3H6/c1-4-7(10(2)3)11-8(12)5-6-9(11)13;5*1-3-2/h7H,4-6H2,1-3H3;5*3H,1H2,2H3. The van der Waals surface area contributed by atoms with Gasteiger partial charge in [-0.2, -0.15) is 0 Å². The van der Waals surface area contributed by atoms with Crippen LogP contribution in [0.2, 0.25) is 0 Å². The molecule has 4 heteroatoms. The lowest BCUT2D eigenvalue weighted by atomic mass is 10.3. The van der Waals surface area contributed by atoms with Crippen LogP contribution < -0.4 is 0 Å². The number of nitrogens with zero attached hydrogens (tertiary/aromatic N) is 2. The van der Waals surface area contributed by atoms with E-state index in [-0.39, 0.29) is 18.0 Å². The average Bonchev–Trinajstić information content (AvgIpc) is 2.91. The zero-order chi connectivity index (χ0) is 23.5. The van der Waals surface area contributed by atoms with Gasteiger partial charge in [0, 0.05) is 12.8 Å². The van der Waals surface area contributed by atoms with Crippen LogP contribution in [0.4, 0.5) is 0 Å². The van der Waals surface area contributed by atoms with E-state index in [1.165, 1.54) is 4.90 Å². The number of rotatable bonds is 3. The van der Waals surface area contributed by atoms with Crippen molar-refractivity contribution < 1.29 is 9.59 Å². The van der Waals surface area contributed by atoms with Crippen LogP contribution in [-0.4, -0.2) is 41.9 Å². The fourth-order valence-electron chi connectivity index (χ4n) is 1.70. The highest BCUT2D eigenvalue weighted by Crippen LogP contribution is 2.18. The molecule has 0 bridgehead atoms. The molecule has 1 heterocycles. The third-order valence-electron chi connectivity index (χ3n) is 2.35. The lowest BCUT2D eigenvalue weighted by molar-refractivity contribution is -0.144. The van der Waals surface area contributed by atoms with Gasteiger partial charge in [0.05, 0.1) is 6.17 Å². The summed E-state index contributed by atoms with van der Waals surface area (Å²) in [6.45, 7) is 28.2. The van der Waals surface area contributed by atoms with Crippen molar-refractivity contribution in [2.24, 2.45) is 0 Å². The maximum atomic E-state index is 11.4. The summed E-state index contributed by atoms with van der Waals surface area (Å²) in [4.78, 5) is 26.0. The topological polar surface area (TPSA) is 40.6 Å². The Kier molecular flexibility index (Phi) is 42.5. The number of hydrogen-bond acceptors (Lipinski definition) is 3. The summed E-state index contributed by atoms with van der Waals surface area (Å²) in [7, 11) is 3.76. The first-order valence-electron chi connectivity index (χ1n) is 9.52. The normalized spacial score (nSPS) is 11.7. The van der Waals surface area contributed by atoms with Crippen molar-refractivity contribution >= 4 is 11.8 Å². The van der Waals surface area contributed by atoms with Crippen LogP contribution in [0.5, 0.6) is 0 Å². The highest BCUT2D eigenvalue weighted by molar-refractivity contribution is 6.02. The fourth-order valence-corrected chi connectivity index (χ4v) is 1.70. The van der Waals surface area contributed by atoms with Gasteiger partial charge in [0.1, 0.15) is 0 Å². The molecule has 1 fully saturated rings. The SMILES string of the molecule is C=CC.C=CC.C=CC.C=CC.C=CC.CCC(N(C)C)N1C(=O)CCC1=O. The number of amides is 2. The Morgan fingerprint density at radius 2 is 1.00 bits per heavy atom. The summed E-state index contributed by atoms with van der Waals surface area (Å²) in [6.07, 6.45) is 10.2. The van der Waals surface area contributed by atoms with Crippen molar-refractivity contribution in [2.75, 3.05) is 14.1 Å². The zero-order valence-corrected chi connectivity index (χ0v) is 19.8. The number of hydrogen-bond donors (Lipinski definition) is 0. The van der Waals surface area contributed by atoms with Crippen molar-refractivity contribution in [1.82, 2.24) is 9.80 Å². The van der Waals surface area contributed by atoms with Crippen LogP contribution in [-0.2, 0) is 9.59 Å². The molecular weight excluding hydrogens is 348 g/mol. The Labute approximate surface area is 176 Å². The number of allylic oxidation sites excluding steroid dienone is 5. The molecule has 28 heavy (non-hydrogen) atoms. The molecule has 1 rings (SSSR count). The first kappa shape index (κ1) is 36.7. The van der Waals surface area contributed by atoms with Crippen LogP contribution in [0.25, 0.3) is 0 Å². The fraction of sp³-hybridized carbons (Fsp3) is 0.500. The predicted molar refractivity (Wildman–Crippen MR) is 128 cm³/mol. The highest BCUT2D eigenvalue weighted by Gasteiger charge is 2.34. The molecule has 1 aliphatic rings. The smallest absolute Gasteiger partial charge is 0.231 e. The molecule has 0 spiro atoms. The molecule has 1 unspecified atom stereocenters. The van der Waals surface area contributed by atoms with Crippen molar-refractivity contribution in [3.63, 3.8) is 0 Å². The Morgan fingerprint density at radius 1 is 0.786 bits per heavy atom. The summed E-state index contributed by atoms with van der Waals surface area (Å²) in [6, 6.07) is 0. The third kappa shape index (κ3) is 28.6. The second-order valence-electron chi connectivity index (χ2n) is 5.55.